The highest BCUT2D eigenvalue weighted by atomic mass is 28.4. The number of hydrogen-bond donors (Lipinski definition) is 1. The summed E-state index contributed by atoms with van der Waals surface area (Å²) in [5, 5.41) is 6.26. The maximum atomic E-state index is 7.73. The third-order valence-corrected chi connectivity index (χ3v) is 12.4. The first kappa shape index (κ1) is 24.5. The summed E-state index contributed by atoms with van der Waals surface area (Å²) in [5.74, 6) is 0.860. The first-order valence-electron chi connectivity index (χ1n) is 12.7. The molecule has 0 amide bonds. The van der Waals surface area contributed by atoms with E-state index in [1.165, 1.54) is 27.1 Å². The monoisotopic (exact) mass is 493 g/mol. The molecule has 0 aromatic heterocycles. The largest absolute Gasteiger partial charge is 0.497 e. The second kappa shape index (κ2) is 10.1. The molecule has 0 saturated heterocycles. The van der Waals surface area contributed by atoms with Crippen LogP contribution in [0.5, 0.6) is 5.75 Å². The number of nitrogens with one attached hydrogen (secondary N) is 1. The zero-order chi connectivity index (χ0) is 25.2. The van der Waals surface area contributed by atoms with E-state index in [4.69, 9.17) is 9.16 Å². The van der Waals surface area contributed by atoms with Crippen LogP contribution in [-0.2, 0) is 11.0 Å². The summed E-state index contributed by atoms with van der Waals surface area (Å²) in [5.41, 5.74) is 3.69. The molecule has 3 nitrogen and oxygen atoms in total. The lowest BCUT2D eigenvalue weighted by atomic mass is 9.89. The van der Waals surface area contributed by atoms with Gasteiger partial charge < -0.3 is 14.5 Å². The Labute approximate surface area is 216 Å². The smallest absolute Gasteiger partial charge is 0.261 e. The number of benzene rings is 4. The van der Waals surface area contributed by atoms with E-state index in [0.717, 1.165) is 12.3 Å². The quantitative estimate of drug-likeness (QED) is 0.327. The zero-order valence-electron chi connectivity index (χ0n) is 21.6. The molecule has 4 heteroatoms. The van der Waals surface area contributed by atoms with Crippen LogP contribution in [0.4, 0.5) is 0 Å². The molecule has 0 unspecified atom stereocenters. The SMILES string of the molecule is COc1ccc2c(c1)[C@@H](O[Si](c1ccccc1)(c1ccccc1)C(C)(C)C)[C@H](c1ccccc1)NC2. The van der Waals surface area contributed by atoms with Gasteiger partial charge in [-0.15, -0.1) is 0 Å². The fourth-order valence-corrected chi connectivity index (χ4v) is 10.3. The lowest BCUT2D eigenvalue weighted by Crippen LogP contribution is -2.67. The van der Waals surface area contributed by atoms with Crippen molar-refractivity contribution in [3.63, 3.8) is 0 Å². The molecule has 36 heavy (non-hydrogen) atoms. The van der Waals surface area contributed by atoms with Crippen LogP contribution in [0.1, 0.15) is 49.6 Å². The molecule has 1 aliphatic heterocycles. The van der Waals surface area contributed by atoms with Crippen molar-refractivity contribution in [1.29, 1.82) is 0 Å². The zero-order valence-corrected chi connectivity index (χ0v) is 22.6. The van der Waals surface area contributed by atoms with Gasteiger partial charge in [0.05, 0.1) is 19.3 Å². The fourth-order valence-electron chi connectivity index (χ4n) is 5.60. The predicted molar refractivity (Wildman–Crippen MR) is 150 cm³/mol. The highest BCUT2D eigenvalue weighted by Gasteiger charge is 2.53. The molecule has 2 atom stereocenters. The summed E-state index contributed by atoms with van der Waals surface area (Å²) in [4.78, 5) is 0. The average molecular weight is 494 g/mol. The van der Waals surface area contributed by atoms with Gasteiger partial charge in [0.1, 0.15) is 5.75 Å². The van der Waals surface area contributed by atoms with Gasteiger partial charge in [0.2, 0.25) is 0 Å². The van der Waals surface area contributed by atoms with Crippen molar-refractivity contribution in [2.75, 3.05) is 7.11 Å². The third kappa shape index (κ3) is 4.41. The highest BCUT2D eigenvalue weighted by Crippen LogP contribution is 2.46. The molecule has 0 bridgehead atoms. The molecular weight excluding hydrogens is 458 g/mol. The number of hydrogen-bond acceptors (Lipinski definition) is 3. The van der Waals surface area contributed by atoms with E-state index in [2.05, 4.69) is 129 Å². The fraction of sp³-hybridized carbons (Fsp3) is 0.250. The normalized spacial score (nSPS) is 17.9. The van der Waals surface area contributed by atoms with Crippen LogP contribution in [0.25, 0.3) is 0 Å². The summed E-state index contributed by atoms with van der Waals surface area (Å²) in [6, 6.07) is 38.8. The van der Waals surface area contributed by atoms with Gasteiger partial charge in [-0.2, -0.15) is 0 Å². The molecule has 4 aromatic rings. The predicted octanol–water partition coefficient (Wildman–Crippen LogP) is 6.16. The lowest BCUT2D eigenvalue weighted by molar-refractivity contribution is 0.130. The summed E-state index contributed by atoms with van der Waals surface area (Å²) in [7, 11) is -1.06. The Balaban J connectivity index is 1.75. The number of rotatable bonds is 6. The lowest BCUT2D eigenvalue weighted by Gasteiger charge is -2.48. The molecule has 4 aromatic carbocycles. The minimum Gasteiger partial charge on any atom is -0.497 e. The molecule has 0 fully saturated rings. The van der Waals surface area contributed by atoms with Crippen LogP contribution in [0.15, 0.2) is 109 Å². The van der Waals surface area contributed by atoms with Crippen LogP contribution < -0.4 is 20.4 Å². The topological polar surface area (TPSA) is 30.5 Å². The van der Waals surface area contributed by atoms with Crippen LogP contribution in [-0.4, -0.2) is 15.4 Å². The Hall–Kier alpha value is -3.18. The molecule has 5 rings (SSSR count). The van der Waals surface area contributed by atoms with Crippen molar-refractivity contribution in [2.45, 2.75) is 44.5 Å². The summed E-state index contributed by atoms with van der Waals surface area (Å²) >= 11 is 0. The van der Waals surface area contributed by atoms with Crippen LogP contribution in [0, 0.1) is 0 Å². The first-order chi connectivity index (χ1) is 17.4. The standard InChI is InChI=1S/C32H35NO2Si/c1-32(2,3)36(27-16-10-6-11-17-27,28-18-12-7-13-19-28)35-31-29-22-26(34-4)21-20-25(29)23-33-30(31)24-14-8-5-9-15-24/h5-22,30-31,33H,23H2,1-4H3/t30-,31+/m0/s1. The van der Waals surface area contributed by atoms with E-state index >= 15 is 0 Å². The van der Waals surface area contributed by atoms with Crippen LogP contribution >= 0.6 is 0 Å². The van der Waals surface area contributed by atoms with Crippen molar-refractivity contribution >= 4 is 18.7 Å². The van der Waals surface area contributed by atoms with Crippen molar-refractivity contribution < 1.29 is 9.16 Å². The number of methoxy groups -OCH3 is 1. The second-order valence-corrected chi connectivity index (χ2v) is 14.8. The Bertz CT molecular complexity index is 1250. The van der Waals surface area contributed by atoms with E-state index in [-0.39, 0.29) is 17.2 Å². The number of ether oxygens (including phenoxy) is 1. The van der Waals surface area contributed by atoms with Gasteiger partial charge in [-0.1, -0.05) is 118 Å². The maximum Gasteiger partial charge on any atom is 0.261 e. The van der Waals surface area contributed by atoms with Gasteiger partial charge >= 0.3 is 0 Å². The van der Waals surface area contributed by atoms with Gasteiger partial charge in [-0.25, -0.2) is 0 Å². The van der Waals surface area contributed by atoms with Gasteiger partial charge in [0.25, 0.3) is 8.32 Å². The van der Waals surface area contributed by atoms with E-state index in [1.807, 2.05) is 6.07 Å². The highest BCUT2D eigenvalue weighted by molar-refractivity contribution is 6.99. The van der Waals surface area contributed by atoms with E-state index < -0.39 is 8.32 Å². The van der Waals surface area contributed by atoms with Crippen LogP contribution in [0.2, 0.25) is 5.04 Å². The third-order valence-electron chi connectivity index (χ3n) is 7.35. The van der Waals surface area contributed by atoms with Gasteiger partial charge in [-0.3, -0.25) is 0 Å². The Morgan fingerprint density at radius 3 is 1.83 bits per heavy atom. The van der Waals surface area contributed by atoms with Crippen LogP contribution in [0.3, 0.4) is 0 Å². The molecule has 1 N–H and O–H groups in total. The van der Waals surface area contributed by atoms with Gasteiger partial charge in [0.15, 0.2) is 0 Å². The Morgan fingerprint density at radius 2 is 1.31 bits per heavy atom. The average Bonchev–Trinajstić information content (AvgIpc) is 2.92. The Morgan fingerprint density at radius 1 is 0.750 bits per heavy atom. The summed E-state index contributed by atoms with van der Waals surface area (Å²) < 4.78 is 13.4. The van der Waals surface area contributed by atoms with E-state index in [9.17, 15) is 0 Å². The van der Waals surface area contributed by atoms with E-state index in [0.29, 0.717) is 0 Å². The molecular formula is C32H35NO2Si. The van der Waals surface area contributed by atoms with Gasteiger partial charge in [-0.05, 0) is 44.2 Å². The van der Waals surface area contributed by atoms with Crippen molar-refractivity contribution in [1.82, 2.24) is 5.32 Å². The van der Waals surface area contributed by atoms with E-state index in [1.54, 1.807) is 7.11 Å². The van der Waals surface area contributed by atoms with Crippen molar-refractivity contribution in [3.05, 3.63) is 126 Å². The minimum absolute atomic E-state index is 0.0208. The molecule has 184 valence electrons. The maximum absolute atomic E-state index is 7.73. The molecule has 0 radical (unpaired) electrons. The number of fused-ring (bicyclic) bond motifs is 1. The van der Waals surface area contributed by atoms with Crippen molar-refractivity contribution in [3.8, 4) is 5.75 Å². The van der Waals surface area contributed by atoms with Gasteiger partial charge in [0, 0.05) is 6.54 Å². The molecule has 1 heterocycles. The second-order valence-electron chi connectivity index (χ2n) is 10.5. The van der Waals surface area contributed by atoms with Crippen molar-refractivity contribution in [2.24, 2.45) is 0 Å². The summed E-state index contributed by atoms with van der Waals surface area (Å²) in [6.45, 7) is 7.79. The Kier molecular flexibility index (Phi) is 6.85. The molecule has 0 saturated carbocycles. The molecule has 1 aliphatic rings. The minimum atomic E-state index is -2.79. The first-order valence-corrected chi connectivity index (χ1v) is 14.6. The molecule has 0 aliphatic carbocycles. The summed E-state index contributed by atoms with van der Waals surface area (Å²) in [6.07, 6.45) is -0.183. The molecule has 0 spiro atoms.